The van der Waals surface area contributed by atoms with E-state index in [0.29, 0.717) is 12.8 Å². The van der Waals surface area contributed by atoms with Crippen LogP contribution in [0, 0.1) is 23.3 Å². The van der Waals surface area contributed by atoms with Crippen molar-refractivity contribution >= 4 is 18.2 Å². The first-order valence-electron chi connectivity index (χ1n) is 18.6. The minimum atomic E-state index is -1.84. The molecule has 2 N–H and O–H groups in total. The van der Waals surface area contributed by atoms with Crippen LogP contribution in [0.2, 0.25) is 0 Å². The molecule has 5 aromatic rings. The number of alkyl carbamates (subject to hydrolysis) is 2. The molecule has 0 atom stereocenters. The molecule has 0 fully saturated rings. The normalized spacial score (nSPS) is 12.7. The summed E-state index contributed by atoms with van der Waals surface area (Å²) in [6.45, 7) is 0.410. The van der Waals surface area contributed by atoms with Crippen molar-refractivity contribution in [1.82, 2.24) is 15.5 Å². The first kappa shape index (κ1) is 39.0. The predicted octanol–water partition coefficient (Wildman–Crippen LogP) is 8.31. The lowest BCUT2D eigenvalue weighted by Crippen LogP contribution is -2.37. The van der Waals surface area contributed by atoms with Crippen LogP contribution in [0.15, 0.2) is 103 Å². The van der Waals surface area contributed by atoms with E-state index in [1.54, 1.807) is 4.90 Å². The molecule has 0 radical (unpaired) electrons. The van der Waals surface area contributed by atoms with Crippen LogP contribution in [0.25, 0.3) is 22.3 Å². The Bertz CT molecular complexity index is 2050. The Labute approximate surface area is 326 Å². The van der Waals surface area contributed by atoms with Crippen LogP contribution in [0.1, 0.15) is 46.9 Å². The lowest BCUT2D eigenvalue weighted by molar-refractivity contribution is -0.136. The van der Waals surface area contributed by atoms with Crippen molar-refractivity contribution in [2.45, 2.75) is 24.7 Å². The molecule has 9 nitrogen and oxygen atoms in total. The Morgan fingerprint density at radius 2 is 0.930 bits per heavy atom. The zero-order valence-electron chi connectivity index (χ0n) is 30.7. The smallest absolute Gasteiger partial charge is 0.407 e. The molecule has 0 heterocycles. The van der Waals surface area contributed by atoms with Gasteiger partial charge in [0.05, 0.1) is 6.54 Å². The number of esters is 1. The summed E-state index contributed by atoms with van der Waals surface area (Å²) in [6.07, 6.45) is -0.633. The first-order valence-corrected chi connectivity index (χ1v) is 18.6. The molecule has 57 heavy (non-hydrogen) atoms. The van der Waals surface area contributed by atoms with E-state index in [0.717, 1.165) is 44.5 Å². The molecule has 0 bridgehead atoms. The Hall–Kier alpha value is -6.21. The van der Waals surface area contributed by atoms with E-state index in [1.807, 2.05) is 97.1 Å². The van der Waals surface area contributed by atoms with Gasteiger partial charge in [-0.05, 0) is 57.3 Å². The molecule has 2 aliphatic carbocycles. The Morgan fingerprint density at radius 1 is 0.561 bits per heavy atom. The van der Waals surface area contributed by atoms with E-state index in [4.69, 9.17) is 14.2 Å². The summed E-state index contributed by atoms with van der Waals surface area (Å²) >= 11 is 0. The number of amides is 2. The molecule has 0 saturated carbocycles. The molecule has 0 aromatic heterocycles. The van der Waals surface area contributed by atoms with Crippen LogP contribution in [0.3, 0.4) is 0 Å². The van der Waals surface area contributed by atoms with Crippen molar-refractivity contribution in [1.29, 1.82) is 0 Å². The summed E-state index contributed by atoms with van der Waals surface area (Å²) in [5.74, 6) is -10.00. The summed E-state index contributed by atoms with van der Waals surface area (Å²) in [5, 5.41) is 5.40. The van der Waals surface area contributed by atoms with Gasteiger partial charge in [-0.25, -0.2) is 18.4 Å². The molecule has 2 amide bonds. The van der Waals surface area contributed by atoms with Crippen molar-refractivity contribution in [3.8, 4) is 28.0 Å². The van der Waals surface area contributed by atoms with Crippen LogP contribution < -0.4 is 15.4 Å². The highest BCUT2D eigenvalue weighted by Gasteiger charge is 2.30. The zero-order chi connectivity index (χ0) is 39.9. The Kier molecular flexibility index (Phi) is 12.1. The SMILES string of the molecule is O=C(CN(CCCNC(=O)OCC1c2ccccc2-c2ccccc21)CCCNC(=O)OCC1c2ccccc2-c2ccccc21)Oc1c(F)c(F)cc(F)c1F. The van der Waals surface area contributed by atoms with Crippen molar-refractivity contribution in [2.24, 2.45) is 0 Å². The van der Waals surface area contributed by atoms with Gasteiger partial charge < -0.3 is 24.8 Å². The Morgan fingerprint density at radius 3 is 1.32 bits per heavy atom. The van der Waals surface area contributed by atoms with Gasteiger partial charge in [0.25, 0.3) is 0 Å². The number of hydrogen-bond acceptors (Lipinski definition) is 7. The summed E-state index contributed by atoms with van der Waals surface area (Å²) < 4.78 is 71.9. The number of hydrogen-bond donors (Lipinski definition) is 2. The van der Waals surface area contributed by atoms with E-state index < -0.39 is 53.7 Å². The van der Waals surface area contributed by atoms with Crippen LogP contribution in [-0.4, -0.2) is 69.0 Å². The molecule has 0 aliphatic heterocycles. The van der Waals surface area contributed by atoms with E-state index in [1.165, 1.54) is 0 Å². The van der Waals surface area contributed by atoms with Crippen LogP contribution >= 0.6 is 0 Å². The zero-order valence-corrected chi connectivity index (χ0v) is 30.7. The van der Waals surface area contributed by atoms with Crippen molar-refractivity contribution in [3.05, 3.63) is 149 Å². The monoisotopic (exact) mass is 781 g/mol. The van der Waals surface area contributed by atoms with Gasteiger partial charge >= 0.3 is 18.2 Å². The van der Waals surface area contributed by atoms with Gasteiger partial charge in [-0.2, -0.15) is 8.78 Å². The molecule has 294 valence electrons. The maximum absolute atomic E-state index is 14.2. The number of nitrogens with one attached hydrogen (secondary N) is 2. The first-order chi connectivity index (χ1) is 27.7. The van der Waals surface area contributed by atoms with Crippen LogP contribution in [-0.2, 0) is 14.3 Å². The van der Waals surface area contributed by atoms with Gasteiger partial charge in [0, 0.05) is 44.1 Å². The summed E-state index contributed by atoms with van der Waals surface area (Å²) in [5.41, 5.74) is 8.69. The summed E-state index contributed by atoms with van der Waals surface area (Å²) in [6, 6.07) is 31.9. The molecule has 0 spiro atoms. The lowest BCUT2D eigenvalue weighted by Gasteiger charge is -2.22. The minimum absolute atomic E-state index is 0.0153. The molecule has 7 rings (SSSR count). The largest absolute Gasteiger partial charge is 0.449 e. The summed E-state index contributed by atoms with van der Waals surface area (Å²) in [4.78, 5) is 39.7. The van der Waals surface area contributed by atoms with Crippen LogP contribution in [0.4, 0.5) is 27.2 Å². The number of fused-ring (bicyclic) bond motifs is 6. The topological polar surface area (TPSA) is 106 Å². The van der Waals surface area contributed by atoms with Crippen molar-refractivity contribution in [3.63, 3.8) is 0 Å². The fraction of sp³-hybridized carbons (Fsp3) is 0.250. The number of nitrogens with zero attached hydrogens (tertiary/aromatic N) is 1. The lowest BCUT2D eigenvalue weighted by atomic mass is 9.98. The van der Waals surface area contributed by atoms with Crippen LogP contribution in [0.5, 0.6) is 5.75 Å². The summed E-state index contributed by atoms with van der Waals surface area (Å²) in [7, 11) is 0. The van der Waals surface area contributed by atoms with E-state index in [9.17, 15) is 31.9 Å². The maximum atomic E-state index is 14.2. The highest BCUT2D eigenvalue weighted by molar-refractivity contribution is 5.80. The highest BCUT2D eigenvalue weighted by atomic mass is 19.2. The van der Waals surface area contributed by atoms with Gasteiger partial charge in [-0.3, -0.25) is 9.69 Å². The van der Waals surface area contributed by atoms with Gasteiger partial charge in [-0.15, -0.1) is 0 Å². The molecular formula is C44H39F4N3O6. The third kappa shape index (κ3) is 8.78. The quantitative estimate of drug-likeness (QED) is 0.0362. The second-order valence-corrected chi connectivity index (χ2v) is 13.8. The number of ether oxygens (including phenoxy) is 3. The number of halogens is 4. The second-order valence-electron chi connectivity index (χ2n) is 13.8. The predicted molar refractivity (Wildman–Crippen MR) is 204 cm³/mol. The molecule has 13 heteroatoms. The minimum Gasteiger partial charge on any atom is -0.449 e. The molecule has 2 aliphatic rings. The number of rotatable bonds is 15. The molecule has 0 saturated heterocycles. The number of carbonyl (C=O) groups excluding carboxylic acids is 3. The maximum Gasteiger partial charge on any atom is 0.407 e. The molecule has 5 aromatic carbocycles. The molecular weight excluding hydrogens is 742 g/mol. The standard InChI is InChI=1S/C44H39F4N3O6/c45-37-23-38(46)41(48)42(40(37)47)57-39(52)24-51(21-9-19-49-43(53)55-25-35-31-15-5-1-11-27(31)28-12-2-6-16-32(28)35)22-10-20-50-44(54)56-26-36-33-17-7-3-13-29(33)30-14-4-8-18-34(30)36/h1-8,11-18,23,35-36H,9-10,19-22,24-26H2,(H,49,53)(H,50,54). The van der Waals surface area contributed by atoms with Crippen molar-refractivity contribution in [2.75, 3.05) is 45.9 Å². The fourth-order valence-electron chi connectivity index (χ4n) is 7.52. The average Bonchev–Trinajstić information content (AvgIpc) is 3.72. The highest BCUT2D eigenvalue weighted by Crippen LogP contribution is 2.45. The second kappa shape index (κ2) is 17.7. The number of benzene rings is 5. The van der Waals surface area contributed by atoms with E-state index in [-0.39, 0.29) is 57.3 Å². The molecule has 0 unspecified atom stereocenters. The van der Waals surface area contributed by atoms with Gasteiger partial charge in [-0.1, -0.05) is 97.1 Å². The third-order valence-electron chi connectivity index (χ3n) is 10.2. The fourth-order valence-corrected chi connectivity index (χ4v) is 7.52. The van der Waals surface area contributed by atoms with Crippen molar-refractivity contribution < 1.29 is 46.2 Å². The average molecular weight is 782 g/mol. The Balaban J connectivity index is 0.899. The van der Waals surface area contributed by atoms with Gasteiger partial charge in [0.1, 0.15) is 13.2 Å². The van der Waals surface area contributed by atoms with E-state index >= 15 is 0 Å². The number of carbonyl (C=O) groups is 3. The van der Waals surface area contributed by atoms with E-state index in [2.05, 4.69) is 10.6 Å². The van der Waals surface area contributed by atoms with Gasteiger partial charge in [0.2, 0.25) is 17.4 Å². The van der Waals surface area contributed by atoms with Gasteiger partial charge in [0.15, 0.2) is 11.6 Å². The third-order valence-corrected chi connectivity index (χ3v) is 10.2.